The zero-order valence-corrected chi connectivity index (χ0v) is 26.3. The number of fused-ring (bicyclic) bond motifs is 9. The van der Waals surface area contributed by atoms with Gasteiger partial charge >= 0.3 is 0 Å². The third kappa shape index (κ3) is 4.31. The molecule has 0 spiro atoms. The summed E-state index contributed by atoms with van der Waals surface area (Å²) in [6, 6.07) is 67.2. The lowest BCUT2D eigenvalue weighted by atomic mass is 9.87. The van der Waals surface area contributed by atoms with Gasteiger partial charge in [0.2, 0.25) is 0 Å². The first-order valence-electron chi connectivity index (χ1n) is 16.7. The van der Waals surface area contributed by atoms with Crippen LogP contribution in [0.25, 0.3) is 98.0 Å². The lowest BCUT2D eigenvalue weighted by Crippen LogP contribution is -1.88. The average molecular weight is 607 g/mol. The van der Waals surface area contributed by atoms with Gasteiger partial charge in [0, 0.05) is 0 Å². The molecule has 0 aromatic heterocycles. The summed E-state index contributed by atoms with van der Waals surface area (Å²) in [5, 5.41) is 15.4. The highest BCUT2D eigenvalue weighted by Crippen LogP contribution is 2.42. The van der Waals surface area contributed by atoms with Crippen molar-refractivity contribution in [2.24, 2.45) is 0 Å². The Morgan fingerprint density at radius 2 is 0.667 bits per heavy atom. The highest BCUT2D eigenvalue weighted by molar-refractivity contribution is 6.30. The summed E-state index contributed by atoms with van der Waals surface area (Å²) in [5.74, 6) is 0. The fourth-order valence-electron chi connectivity index (χ4n) is 7.77. The maximum absolute atomic E-state index is 2.40. The quantitative estimate of drug-likeness (QED) is 0.176. The predicted molar refractivity (Wildman–Crippen MR) is 208 cm³/mol. The maximum atomic E-state index is 2.40. The minimum absolute atomic E-state index is 1.23. The molecule has 0 radical (unpaired) electrons. The third-order valence-electron chi connectivity index (χ3n) is 10.2. The Morgan fingerprint density at radius 1 is 0.208 bits per heavy atom. The van der Waals surface area contributed by atoms with Crippen LogP contribution in [0, 0.1) is 0 Å². The first-order valence-corrected chi connectivity index (χ1v) is 16.7. The molecule has 0 atom stereocenters. The number of benzene rings is 10. The highest BCUT2D eigenvalue weighted by Gasteiger charge is 2.14. The lowest BCUT2D eigenvalue weighted by Gasteiger charge is -2.16. The molecule has 48 heavy (non-hydrogen) atoms. The van der Waals surface area contributed by atoms with Gasteiger partial charge in [-0.1, -0.05) is 152 Å². The normalized spacial score (nSPS) is 11.8. The van der Waals surface area contributed by atoms with Gasteiger partial charge in [-0.3, -0.25) is 0 Å². The topological polar surface area (TPSA) is 0 Å². The molecule has 0 heteroatoms. The molecule has 0 saturated heterocycles. The van der Waals surface area contributed by atoms with Crippen molar-refractivity contribution in [3.63, 3.8) is 0 Å². The van der Waals surface area contributed by atoms with E-state index in [2.05, 4.69) is 182 Å². The molecule has 0 aliphatic heterocycles. The molecular weight excluding hydrogens is 577 g/mol. The molecule has 0 bridgehead atoms. The van der Waals surface area contributed by atoms with Crippen molar-refractivity contribution < 1.29 is 0 Å². The molecule has 0 aliphatic rings. The average Bonchev–Trinajstić information content (AvgIpc) is 3.16. The zero-order valence-electron chi connectivity index (χ0n) is 26.3. The highest BCUT2D eigenvalue weighted by atomic mass is 14.2. The van der Waals surface area contributed by atoms with E-state index in [1.807, 2.05) is 0 Å². The fourth-order valence-corrected chi connectivity index (χ4v) is 7.77. The van der Waals surface area contributed by atoms with Crippen LogP contribution in [0.3, 0.4) is 0 Å². The summed E-state index contributed by atoms with van der Waals surface area (Å²) >= 11 is 0. The van der Waals surface area contributed by atoms with E-state index in [9.17, 15) is 0 Å². The van der Waals surface area contributed by atoms with Crippen LogP contribution in [0.15, 0.2) is 182 Å². The van der Waals surface area contributed by atoms with Gasteiger partial charge in [-0.25, -0.2) is 0 Å². The second-order valence-electron chi connectivity index (χ2n) is 12.9. The van der Waals surface area contributed by atoms with Crippen LogP contribution in [0.1, 0.15) is 0 Å². The van der Waals surface area contributed by atoms with E-state index < -0.39 is 0 Å². The van der Waals surface area contributed by atoms with E-state index >= 15 is 0 Å². The van der Waals surface area contributed by atoms with Gasteiger partial charge in [-0.15, -0.1) is 0 Å². The molecule has 0 heterocycles. The van der Waals surface area contributed by atoms with Crippen LogP contribution >= 0.6 is 0 Å². The molecule has 0 nitrogen and oxygen atoms in total. The van der Waals surface area contributed by atoms with Gasteiger partial charge in [0.25, 0.3) is 0 Å². The minimum atomic E-state index is 1.23. The zero-order chi connectivity index (χ0) is 31.6. The van der Waals surface area contributed by atoms with Crippen molar-refractivity contribution in [3.05, 3.63) is 182 Å². The number of rotatable bonds is 3. The van der Waals surface area contributed by atoms with E-state index in [1.54, 1.807) is 0 Å². The van der Waals surface area contributed by atoms with Gasteiger partial charge in [-0.05, 0) is 128 Å². The largest absolute Gasteiger partial charge is 0.0616 e. The minimum Gasteiger partial charge on any atom is -0.0616 e. The van der Waals surface area contributed by atoms with E-state index in [-0.39, 0.29) is 0 Å². The first-order chi connectivity index (χ1) is 23.8. The van der Waals surface area contributed by atoms with Gasteiger partial charge in [-0.2, -0.15) is 0 Å². The van der Waals surface area contributed by atoms with Crippen LogP contribution in [-0.2, 0) is 0 Å². The van der Waals surface area contributed by atoms with E-state index in [0.717, 1.165) is 0 Å². The second-order valence-corrected chi connectivity index (χ2v) is 12.9. The van der Waals surface area contributed by atoms with E-state index in [0.29, 0.717) is 0 Å². The van der Waals surface area contributed by atoms with Crippen molar-refractivity contribution >= 4 is 64.6 Å². The van der Waals surface area contributed by atoms with Crippen LogP contribution in [0.2, 0.25) is 0 Å². The van der Waals surface area contributed by atoms with Gasteiger partial charge < -0.3 is 0 Å². The molecule has 0 N–H and O–H groups in total. The Bertz CT molecular complexity index is 2890. The smallest absolute Gasteiger partial charge is 0.00143 e. The molecule has 0 fully saturated rings. The standard InChI is InChI=1S/C48H30/c1-2-11-34-26-37(18-16-31(34)8-1)35-12-7-13-36(27-35)38-19-20-40-29-41(22-21-39(40)28-38)46-30-42-23-17-32-9-3-5-14-43(32)47(42)48-44-15-6-4-10-33(44)24-25-45(46)48/h1-30H. The molecule has 0 amide bonds. The Morgan fingerprint density at radius 3 is 1.38 bits per heavy atom. The Labute approximate surface area is 279 Å². The molecule has 222 valence electrons. The van der Waals surface area contributed by atoms with Crippen LogP contribution in [0.5, 0.6) is 0 Å². The van der Waals surface area contributed by atoms with E-state index in [4.69, 9.17) is 0 Å². The van der Waals surface area contributed by atoms with Crippen molar-refractivity contribution in [2.45, 2.75) is 0 Å². The summed E-state index contributed by atoms with van der Waals surface area (Å²) in [7, 11) is 0. The Kier molecular flexibility index (Phi) is 5.98. The second kappa shape index (κ2) is 10.7. The summed E-state index contributed by atoms with van der Waals surface area (Å²) in [4.78, 5) is 0. The summed E-state index contributed by atoms with van der Waals surface area (Å²) in [5.41, 5.74) is 7.44. The Hall–Kier alpha value is -6.24. The molecule has 10 aromatic carbocycles. The van der Waals surface area contributed by atoms with Gasteiger partial charge in [0.1, 0.15) is 0 Å². The van der Waals surface area contributed by atoms with Crippen molar-refractivity contribution in [3.8, 4) is 33.4 Å². The fraction of sp³-hybridized carbons (Fsp3) is 0. The van der Waals surface area contributed by atoms with E-state index in [1.165, 1.54) is 98.0 Å². The summed E-state index contributed by atoms with van der Waals surface area (Å²) < 4.78 is 0. The van der Waals surface area contributed by atoms with Crippen LogP contribution < -0.4 is 0 Å². The summed E-state index contributed by atoms with van der Waals surface area (Å²) in [6.45, 7) is 0. The lowest BCUT2D eigenvalue weighted by molar-refractivity contribution is 1.61. The van der Waals surface area contributed by atoms with Crippen LogP contribution in [-0.4, -0.2) is 0 Å². The van der Waals surface area contributed by atoms with Crippen LogP contribution in [0.4, 0.5) is 0 Å². The monoisotopic (exact) mass is 606 g/mol. The summed E-state index contributed by atoms with van der Waals surface area (Å²) in [6.07, 6.45) is 0. The predicted octanol–water partition coefficient (Wildman–Crippen LogP) is 13.6. The molecule has 10 aromatic rings. The SMILES string of the molecule is c1cc(-c2ccc3ccccc3c2)cc(-c2ccc3cc(-c4cc5ccc6ccccc6c5c5c4ccc4ccccc45)ccc3c2)c1. The number of hydrogen-bond donors (Lipinski definition) is 0. The molecule has 0 aliphatic carbocycles. The molecule has 0 saturated carbocycles. The van der Waals surface area contributed by atoms with Gasteiger partial charge in [0.15, 0.2) is 0 Å². The van der Waals surface area contributed by atoms with Crippen molar-refractivity contribution in [1.29, 1.82) is 0 Å². The van der Waals surface area contributed by atoms with Crippen molar-refractivity contribution in [2.75, 3.05) is 0 Å². The first kappa shape index (κ1) is 26.9. The maximum Gasteiger partial charge on any atom is -0.00143 e. The molecule has 10 rings (SSSR count). The molecular formula is C48H30. The third-order valence-corrected chi connectivity index (χ3v) is 10.2. The Balaban J connectivity index is 1.10. The van der Waals surface area contributed by atoms with Crippen molar-refractivity contribution in [1.82, 2.24) is 0 Å². The van der Waals surface area contributed by atoms with Gasteiger partial charge in [0.05, 0.1) is 0 Å². The number of hydrogen-bond acceptors (Lipinski definition) is 0. The molecule has 0 unspecified atom stereocenters.